The lowest BCUT2D eigenvalue weighted by Crippen LogP contribution is -3.13. The van der Waals surface area contributed by atoms with Gasteiger partial charge in [0.1, 0.15) is 10.7 Å². The fraction of sp³-hybridized carbons (Fsp3) is 0.348. The number of nitrogens with zero attached hydrogens (tertiary/aromatic N) is 2. The summed E-state index contributed by atoms with van der Waals surface area (Å²) in [4.78, 5) is 22.6. The highest BCUT2D eigenvalue weighted by Crippen LogP contribution is 2.36. The van der Waals surface area contributed by atoms with E-state index in [4.69, 9.17) is 17.2 Å². The Morgan fingerprint density at radius 2 is 1.75 bits per heavy atom. The van der Waals surface area contributed by atoms with E-state index in [1.807, 2.05) is 66.4 Å². The SMILES string of the molecule is CC[NH+]1CCC2(CC1)N=C(c1ccccc1)C(=S)N2C(=O)c1ccc(C)cc1. The molecule has 0 atom stereocenters. The molecule has 2 heterocycles. The molecule has 28 heavy (non-hydrogen) atoms. The Morgan fingerprint density at radius 1 is 1.11 bits per heavy atom. The summed E-state index contributed by atoms with van der Waals surface area (Å²) in [7, 11) is 0. The van der Waals surface area contributed by atoms with Crippen LogP contribution < -0.4 is 4.90 Å². The van der Waals surface area contributed by atoms with Crippen molar-refractivity contribution >= 4 is 28.8 Å². The van der Waals surface area contributed by atoms with Crippen LogP contribution in [-0.2, 0) is 0 Å². The molecule has 1 N–H and O–H groups in total. The number of nitrogens with one attached hydrogen (secondary N) is 1. The zero-order valence-corrected chi connectivity index (χ0v) is 17.3. The standard InChI is InChI=1S/C23H25N3OS/c1-3-25-15-13-23(14-16-25)24-20(18-7-5-4-6-8-18)22(28)26(23)21(27)19-11-9-17(2)10-12-19/h4-12H,3,13-16H2,1-2H3/p+1. The molecule has 0 saturated carbocycles. The van der Waals surface area contributed by atoms with Crippen molar-refractivity contribution in [2.24, 2.45) is 4.99 Å². The van der Waals surface area contributed by atoms with Gasteiger partial charge in [-0.15, -0.1) is 0 Å². The molecule has 0 bridgehead atoms. The van der Waals surface area contributed by atoms with Crippen LogP contribution >= 0.6 is 12.2 Å². The van der Waals surface area contributed by atoms with Gasteiger partial charge in [-0.3, -0.25) is 14.7 Å². The summed E-state index contributed by atoms with van der Waals surface area (Å²) in [6.45, 7) is 7.34. The number of hydrogen-bond donors (Lipinski definition) is 1. The topological polar surface area (TPSA) is 37.1 Å². The van der Waals surface area contributed by atoms with Gasteiger partial charge < -0.3 is 4.90 Å². The molecule has 144 valence electrons. The number of aryl methyl sites for hydroxylation is 1. The highest BCUT2D eigenvalue weighted by molar-refractivity contribution is 7.82. The number of amides is 1. The predicted octanol–water partition coefficient (Wildman–Crippen LogP) is 2.66. The van der Waals surface area contributed by atoms with E-state index in [1.165, 1.54) is 0 Å². The fourth-order valence-corrected chi connectivity index (χ4v) is 4.60. The largest absolute Gasteiger partial charge is 0.335 e. The van der Waals surface area contributed by atoms with Crippen LogP contribution in [0.25, 0.3) is 0 Å². The summed E-state index contributed by atoms with van der Waals surface area (Å²) in [6.07, 6.45) is 1.68. The number of hydrogen-bond acceptors (Lipinski definition) is 3. The number of likely N-dealkylation sites (tertiary alicyclic amines) is 1. The lowest BCUT2D eigenvalue weighted by Gasteiger charge is -2.40. The first-order valence-corrected chi connectivity index (χ1v) is 10.4. The molecule has 1 fully saturated rings. The average Bonchev–Trinajstić information content (AvgIpc) is 3.01. The monoisotopic (exact) mass is 392 g/mol. The van der Waals surface area contributed by atoms with Crippen LogP contribution in [0.3, 0.4) is 0 Å². The minimum absolute atomic E-state index is 0.0420. The van der Waals surface area contributed by atoms with E-state index in [0.29, 0.717) is 10.6 Å². The maximum atomic E-state index is 13.5. The van der Waals surface area contributed by atoms with Gasteiger partial charge in [0.25, 0.3) is 5.91 Å². The molecule has 1 saturated heterocycles. The normalized spacial score (nSPS) is 24.5. The van der Waals surface area contributed by atoms with E-state index >= 15 is 0 Å². The Bertz CT molecular complexity index is 913. The zero-order chi connectivity index (χ0) is 19.7. The molecule has 0 unspecified atom stereocenters. The fourth-order valence-electron chi connectivity index (χ4n) is 4.18. The Kier molecular flexibility index (Phi) is 5.13. The third kappa shape index (κ3) is 3.29. The number of quaternary nitrogens is 1. The van der Waals surface area contributed by atoms with Crippen molar-refractivity contribution in [3.63, 3.8) is 0 Å². The summed E-state index contributed by atoms with van der Waals surface area (Å²) in [5.74, 6) is -0.0420. The Labute approximate surface area is 171 Å². The molecule has 4 nitrogen and oxygen atoms in total. The van der Waals surface area contributed by atoms with Crippen molar-refractivity contribution in [2.75, 3.05) is 19.6 Å². The number of rotatable bonds is 3. The van der Waals surface area contributed by atoms with Gasteiger partial charge in [0.05, 0.1) is 19.6 Å². The van der Waals surface area contributed by atoms with Crippen LogP contribution in [-0.4, -0.2) is 46.8 Å². The van der Waals surface area contributed by atoms with Crippen molar-refractivity contribution in [3.05, 3.63) is 71.3 Å². The summed E-state index contributed by atoms with van der Waals surface area (Å²) in [6, 6.07) is 17.7. The molecule has 0 aliphatic carbocycles. The molecule has 2 aliphatic rings. The molecule has 0 radical (unpaired) electrons. The Morgan fingerprint density at radius 3 is 2.36 bits per heavy atom. The van der Waals surface area contributed by atoms with E-state index in [-0.39, 0.29) is 5.91 Å². The third-order valence-electron chi connectivity index (χ3n) is 5.95. The molecule has 4 rings (SSSR count). The van der Waals surface area contributed by atoms with Crippen molar-refractivity contribution in [3.8, 4) is 0 Å². The summed E-state index contributed by atoms with van der Waals surface area (Å²) in [5.41, 5.74) is 3.01. The highest BCUT2D eigenvalue weighted by Gasteiger charge is 2.51. The number of piperidine rings is 1. The minimum atomic E-state index is -0.553. The van der Waals surface area contributed by atoms with E-state index < -0.39 is 5.66 Å². The van der Waals surface area contributed by atoms with Gasteiger partial charge in [-0.1, -0.05) is 60.2 Å². The number of carbonyl (C=O) groups is 1. The summed E-state index contributed by atoms with van der Waals surface area (Å²) < 4.78 is 0. The van der Waals surface area contributed by atoms with E-state index in [2.05, 4.69) is 6.92 Å². The van der Waals surface area contributed by atoms with Gasteiger partial charge in [-0.25, -0.2) is 0 Å². The number of carbonyl (C=O) groups excluding carboxylic acids is 1. The summed E-state index contributed by atoms with van der Waals surface area (Å²) >= 11 is 5.82. The Hall–Kier alpha value is -2.37. The van der Waals surface area contributed by atoms with Gasteiger partial charge >= 0.3 is 0 Å². The maximum absolute atomic E-state index is 13.5. The van der Waals surface area contributed by atoms with Gasteiger partial charge in [0.15, 0.2) is 5.66 Å². The van der Waals surface area contributed by atoms with Gasteiger partial charge in [0.2, 0.25) is 0 Å². The number of benzene rings is 2. The Balaban J connectivity index is 1.74. The first-order valence-electron chi connectivity index (χ1n) is 9.98. The minimum Gasteiger partial charge on any atom is -0.335 e. The van der Waals surface area contributed by atoms with Crippen LogP contribution in [0.2, 0.25) is 0 Å². The molecular formula is C23H26N3OS+. The van der Waals surface area contributed by atoms with Gasteiger partial charge in [0, 0.05) is 24.0 Å². The van der Waals surface area contributed by atoms with Crippen LogP contribution in [0.15, 0.2) is 59.6 Å². The smallest absolute Gasteiger partial charge is 0.260 e. The van der Waals surface area contributed by atoms with E-state index in [9.17, 15) is 4.79 Å². The second-order valence-corrected chi connectivity index (χ2v) is 8.11. The average molecular weight is 393 g/mol. The lowest BCUT2D eigenvalue weighted by molar-refractivity contribution is -0.904. The molecule has 1 spiro atoms. The van der Waals surface area contributed by atoms with Crippen LogP contribution in [0.4, 0.5) is 0 Å². The van der Waals surface area contributed by atoms with Crippen LogP contribution in [0, 0.1) is 6.92 Å². The third-order valence-corrected chi connectivity index (χ3v) is 6.32. The van der Waals surface area contributed by atoms with Crippen molar-refractivity contribution in [1.29, 1.82) is 0 Å². The van der Waals surface area contributed by atoms with Crippen LogP contribution in [0.5, 0.6) is 0 Å². The second-order valence-electron chi connectivity index (χ2n) is 7.72. The van der Waals surface area contributed by atoms with Crippen molar-refractivity contribution in [2.45, 2.75) is 32.4 Å². The molecule has 1 amide bonds. The predicted molar refractivity (Wildman–Crippen MR) is 116 cm³/mol. The van der Waals surface area contributed by atoms with E-state index in [1.54, 1.807) is 4.90 Å². The first kappa shape index (κ1) is 19.0. The summed E-state index contributed by atoms with van der Waals surface area (Å²) in [5, 5.41) is 0. The van der Waals surface area contributed by atoms with Crippen molar-refractivity contribution < 1.29 is 9.69 Å². The highest BCUT2D eigenvalue weighted by atomic mass is 32.1. The molecule has 2 aromatic carbocycles. The second kappa shape index (κ2) is 7.57. The number of aliphatic imine (C=N–C) groups is 1. The molecular weight excluding hydrogens is 366 g/mol. The molecule has 5 heteroatoms. The quantitative estimate of drug-likeness (QED) is 0.816. The number of thiocarbonyl (C=S) groups is 1. The molecule has 2 aliphatic heterocycles. The zero-order valence-electron chi connectivity index (χ0n) is 16.4. The molecule has 0 aromatic heterocycles. The van der Waals surface area contributed by atoms with Gasteiger partial charge in [-0.05, 0) is 26.0 Å². The van der Waals surface area contributed by atoms with Crippen molar-refractivity contribution in [1.82, 2.24) is 4.90 Å². The maximum Gasteiger partial charge on any atom is 0.260 e. The van der Waals surface area contributed by atoms with Crippen LogP contribution in [0.1, 0.15) is 41.3 Å². The first-order chi connectivity index (χ1) is 13.5. The van der Waals surface area contributed by atoms with Gasteiger partial charge in [-0.2, -0.15) is 0 Å². The lowest BCUT2D eigenvalue weighted by atomic mass is 9.95. The molecule has 2 aromatic rings. The van der Waals surface area contributed by atoms with E-state index in [0.717, 1.165) is 49.3 Å².